The van der Waals surface area contributed by atoms with Crippen LogP contribution >= 0.6 is 11.3 Å². The Balaban J connectivity index is 1.70. The van der Waals surface area contributed by atoms with Crippen molar-refractivity contribution in [3.05, 3.63) is 64.3 Å². The molecule has 0 unspecified atom stereocenters. The molecule has 8 heteroatoms. The van der Waals surface area contributed by atoms with Crippen LogP contribution in [0.4, 0.5) is 18.2 Å². The molecule has 150 valence electrons. The second-order valence-corrected chi connectivity index (χ2v) is 7.53. The van der Waals surface area contributed by atoms with Gasteiger partial charge in [0.05, 0.1) is 17.2 Å². The number of hydrogen-bond donors (Lipinski definition) is 0. The zero-order valence-corrected chi connectivity index (χ0v) is 16.5. The van der Waals surface area contributed by atoms with Crippen LogP contribution in [-0.4, -0.2) is 30.6 Å². The lowest BCUT2D eigenvalue weighted by molar-refractivity contribution is -0.137. The van der Waals surface area contributed by atoms with Crippen molar-refractivity contribution >= 4 is 22.3 Å². The lowest BCUT2D eigenvalue weighted by Gasteiger charge is -2.23. The average Bonchev–Trinajstić information content (AvgIpc) is 3.18. The summed E-state index contributed by atoms with van der Waals surface area (Å²) in [7, 11) is 0. The molecule has 4 nitrogen and oxygen atoms in total. The summed E-state index contributed by atoms with van der Waals surface area (Å²) in [6.07, 6.45) is -4.33. The maximum Gasteiger partial charge on any atom is 0.416 e. The highest BCUT2D eigenvalue weighted by molar-refractivity contribution is 7.18. The zero-order chi connectivity index (χ0) is 20.5. The van der Waals surface area contributed by atoms with E-state index in [9.17, 15) is 18.0 Å². The lowest BCUT2D eigenvalue weighted by atomic mass is 10.1. The van der Waals surface area contributed by atoms with Gasteiger partial charge < -0.3 is 14.5 Å². The van der Waals surface area contributed by atoms with Gasteiger partial charge in [-0.05, 0) is 43.2 Å². The van der Waals surface area contributed by atoms with Gasteiger partial charge in [0, 0.05) is 19.6 Å². The summed E-state index contributed by atoms with van der Waals surface area (Å²) < 4.78 is 43.2. The van der Waals surface area contributed by atoms with Gasteiger partial charge >= 0.3 is 12.1 Å². The summed E-state index contributed by atoms with van der Waals surface area (Å²) in [5.41, 5.74) is 0.983. The number of carbonyl (C=O) groups is 1. The summed E-state index contributed by atoms with van der Waals surface area (Å²) >= 11 is 1.36. The van der Waals surface area contributed by atoms with E-state index in [0.717, 1.165) is 34.1 Å². The molecule has 28 heavy (non-hydrogen) atoms. The molecule has 0 amide bonds. The maximum atomic E-state index is 12.7. The number of rotatable bonds is 5. The summed E-state index contributed by atoms with van der Waals surface area (Å²) in [5, 5.41) is 0.903. The molecule has 1 aromatic heterocycles. The Morgan fingerprint density at radius 3 is 2.54 bits per heavy atom. The number of carbonyl (C=O) groups excluding carboxylic acids is 1. The Labute approximate surface area is 165 Å². The van der Waals surface area contributed by atoms with Gasteiger partial charge in [0.2, 0.25) is 0 Å². The van der Waals surface area contributed by atoms with E-state index < -0.39 is 11.7 Å². The molecule has 0 N–H and O–H groups in total. The summed E-state index contributed by atoms with van der Waals surface area (Å²) in [5.74, 6) is 0.430. The quantitative estimate of drug-likeness (QED) is 0.646. The first-order chi connectivity index (χ1) is 13.2. The molecule has 1 saturated heterocycles. The van der Waals surface area contributed by atoms with Crippen molar-refractivity contribution in [3.8, 4) is 0 Å². The number of anilines is 1. The van der Waals surface area contributed by atoms with Crippen LogP contribution in [0.25, 0.3) is 0 Å². The highest BCUT2D eigenvalue weighted by Crippen LogP contribution is 2.35. The second kappa shape index (κ2) is 7.87. The minimum absolute atomic E-state index is 0.322. The van der Waals surface area contributed by atoms with Gasteiger partial charge in [0.1, 0.15) is 10.7 Å². The van der Waals surface area contributed by atoms with Gasteiger partial charge in [-0.25, -0.2) is 4.79 Å². The Hall–Kier alpha value is -2.48. The molecule has 0 radical (unpaired) electrons. The topological polar surface area (TPSA) is 32.8 Å². The van der Waals surface area contributed by atoms with Crippen LogP contribution < -0.4 is 4.90 Å². The van der Waals surface area contributed by atoms with Gasteiger partial charge in [0.15, 0.2) is 0 Å². The molecule has 0 saturated carbocycles. The molecule has 3 rings (SSSR count). The first kappa shape index (κ1) is 20.3. The molecule has 0 bridgehead atoms. The van der Waals surface area contributed by atoms with E-state index in [1.165, 1.54) is 23.5 Å². The van der Waals surface area contributed by atoms with Crippen molar-refractivity contribution in [2.45, 2.75) is 26.6 Å². The van der Waals surface area contributed by atoms with Crippen LogP contribution in [0.2, 0.25) is 0 Å². The number of aryl methyl sites for hydroxylation is 1. The van der Waals surface area contributed by atoms with Crippen molar-refractivity contribution in [2.24, 2.45) is 0 Å². The van der Waals surface area contributed by atoms with Crippen LogP contribution in [0.3, 0.4) is 0 Å². The summed E-state index contributed by atoms with van der Waals surface area (Å²) in [4.78, 5) is 16.6. The molecule has 1 fully saturated rings. The molecular formula is C20H21F3N2O2S. The molecule has 2 heterocycles. The summed E-state index contributed by atoms with van der Waals surface area (Å²) in [6, 6.07) is 7.11. The Morgan fingerprint density at radius 2 is 1.93 bits per heavy atom. The Kier molecular flexibility index (Phi) is 5.69. The van der Waals surface area contributed by atoms with Crippen molar-refractivity contribution in [1.29, 1.82) is 0 Å². The number of nitrogens with zero attached hydrogens (tertiary/aromatic N) is 2. The van der Waals surface area contributed by atoms with E-state index in [2.05, 4.69) is 6.58 Å². The largest absolute Gasteiger partial charge is 0.462 e. The van der Waals surface area contributed by atoms with Gasteiger partial charge in [0.25, 0.3) is 0 Å². The number of benzene rings is 1. The number of esters is 1. The molecule has 2 aromatic rings. The van der Waals surface area contributed by atoms with Crippen LogP contribution in [0.1, 0.15) is 33.3 Å². The number of alkyl halides is 3. The van der Waals surface area contributed by atoms with Crippen molar-refractivity contribution in [3.63, 3.8) is 0 Å². The number of hydrogen-bond acceptors (Lipinski definition) is 5. The molecule has 1 aliphatic heterocycles. The number of ether oxygens (including phenoxy) is 1. The third-order valence-electron chi connectivity index (χ3n) is 4.56. The fraction of sp³-hybridized carbons (Fsp3) is 0.350. The fourth-order valence-corrected chi connectivity index (χ4v) is 4.19. The van der Waals surface area contributed by atoms with Crippen LogP contribution in [0, 0.1) is 6.92 Å². The standard InChI is InChI=1S/C20H21F3N2O2S/c1-4-27-19(26)18-13(2)11-17(28-18)25-10-9-24(14(25)3)12-15-5-7-16(8-6-15)20(21,22)23/h5-8,11H,3-4,9-10,12H2,1-2H3. The van der Waals surface area contributed by atoms with Gasteiger partial charge in [-0.1, -0.05) is 18.7 Å². The van der Waals surface area contributed by atoms with Crippen LogP contribution in [0.15, 0.2) is 42.7 Å². The van der Waals surface area contributed by atoms with Gasteiger partial charge in [-0.2, -0.15) is 13.2 Å². The second-order valence-electron chi connectivity index (χ2n) is 6.50. The highest BCUT2D eigenvalue weighted by atomic mass is 32.1. The predicted molar refractivity (Wildman–Crippen MR) is 103 cm³/mol. The van der Waals surface area contributed by atoms with E-state index in [4.69, 9.17) is 4.74 Å². The van der Waals surface area contributed by atoms with Crippen molar-refractivity contribution < 1.29 is 22.7 Å². The average molecular weight is 410 g/mol. The van der Waals surface area contributed by atoms with E-state index in [1.807, 2.05) is 22.8 Å². The monoisotopic (exact) mass is 410 g/mol. The summed E-state index contributed by atoms with van der Waals surface area (Å²) in [6.45, 7) is 9.96. The molecule has 1 aromatic carbocycles. The normalized spacial score (nSPS) is 14.7. The molecule has 0 aliphatic carbocycles. The SMILES string of the molecule is C=C1N(Cc2ccc(C(F)(F)F)cc2)CCN1c1cc(C)c(C(=O)OCC)s1. The molecule has 0 atom stereocenters. The maximum absolute atomic E-state index is 12.7. The minimum atomic E-state index is -4.33. The van der Waals surface area contributed by atoms with E-state index in [1.54, 1.807) is 6.92 Å². The van der Waals surface area contributed by atoms with Crippen LogP contribution in [-0.2, 0) is 17.5 Å². The first-order valence-electron chi connectivity index (χ1n) is 8.85. The smallest absolute Gasteiger partial charge is 0.416 e. The van der Waals surface area contributed by atoms with Gasteiger partial charge in [-0.15, -0.1) is 11.3 Å². The van der Waals surface area contributed by atoms with E-state index in [-0.39, 0.29) is 5.97 Å². The molecule has 1 aliphatic rings. The van der Waals surface area contributed by atoms with Crippen molar-refractivity contribution in [2.75, 3.05) is 24.6 Å². The number of halogens is 3. The fourth-order valence-electron chi connectivity index (χ4n) is 3.07. The minimum Gasteiger partial charge on any atom is -0.462 e. The predicted octanol–water partition coefficient (Wildman–Crippen LogP) is 5.05. The van der Waals surface area contributed by atoms with Crippen LogP contribution in [0.5, 0.6) is 0 Å². The number of thiophene rings is 1. The Bertz CT molecular complexity index is 875. The zero-order valence-electron chi connectivity index (χ0n) is 15.7. The van der Waals surface area contributed by atoms with Gasteiger partial charge in [-0.3, -0.25) is 0 Å². The third-order valence-corrected chi connectivity index (χ3v) is 5.80. The first-order valence-corrected chi connectivity index (χ1v) is 9.67. The highest BCUT2D eigenvalue weighted by Gasteiger charge is 2.30. The molecular weight excluding hydrogens is 389 g/mol. The van der Waals surface area contributed by atoms with E-state index >= 15 is 0 Å². The van der Waals surface area contributed by atoms with Crippen molar-refractivity contribution in [1.82, 2.24) is 4.90 Å². The molecule has 0 spiro atoms. The van der Waals surface area contributed by atoms with E-state index in [0.29, 0.717) is 31.1 Å². The third kappa shape index (κ3) is 4.16. The Morgan fingerprint density at radius 1 is 1.25 bits per heavy atom. The lowest BCUT2D eigenvalue weighted by Crippen LogP contribution is -2.21.